The van der Waals surface area contributed by atoms with Crippen molar-refractivity contribution in [2.45, 2.75) is 6.92 Å². The molecule has 1 saturated heterocycles. The fourth-order valence-electron chi connectivity index (χ4n) is 3.20. The van der Waals surface area contributed by atoms with Crippen LogP contribution in [-0.4, -0.2) is 69.3 Å². The number of β-amino-alcohol motifs (C(OH)–C–C–N with tert-alkyl or cyclic N) is 1. The van der Waals surface area contributed by atoms with Crippen molar-refractivity contribution in [1.29, 1.82) is 0 Å². The van der Waals surface area contributed by atoms with E-state index in [0.717, 1.165) is 65.8 Å². The highest BCUT2D eigenvalue weighted by Gasteiger charge is 2.18. The maximum atomic E-state index is 9.10. The number of hydrogen-bond donors (Lipinski definition) is 2. The third-order valence-corrected chi connectivity index (χ3v) is 5.59. The first-order valence-electron chi connectivity index (χ1n) is 9.28. The number of piperazine rings is 1. The van der Waals surface area contributed by atoms with E-state index in [1.165, 1.54) is 0 Å². The molecule has 154 valence electrons. The standard InChI is InChI=1S/C19H23N7OS.ClH/c1-14-22-17(11-18(23-14)26-7-5-25(6-8-26)9-10-27)24-19-21-13-16(28-19)15-3-2-4-20-12-15;/h2-4,11-13,27H,5-10H2,1H3,(H,21,22,23,24);1H. The van der Waals surface area contributed by atoms with E-state index in [0.29, 0.717) is 0 Å². The van der Waals surface area contributed by atoms with E-state index >= 15 is 0 Å². The number of aliphatic hydroxyl groups excluding tert-OH is 1. The van der Waals surface area contributed by atoms with E-state index in [2.05, 4.69) is 35.1 Å². The molecule has 3 aromatic rings. The van der Waals surface area contributed by atoms with Crippen LogP contribution < -0.4 is 10.2 Å². The summed E-state index contributed by atoms with van der Waals surface area (Å²) in [6.07, 6.45) is 5.44. The highest BCUT2D eigenvalue weighted by Crippen LogP contribution is 2.30. The van der Waals surface area contributed by atoms with Gasteiger partial charge >= 0.3 is 0 Å². The van der Waals surface area contributed by atoms with Gasteiger partial charge < -0.3 is 15.3 Å². The smallest absolute Gasteiger partial charge is 0.188 e. The third kappa shape index (κ3) is 5.39. The number of pyridine rings is 1. The van der Waals surface area contributed by atoms with Gasteiger partial charge in [0.2, 0.25) is 0 Å². The molecule has 0 amide bonds. The molecular formula is C19H24ClN7OS. The van der Waals surface area contributed by atoms with Crippen molar-refractivity contribution in [3.63, 3.8) is 0 Å². The van der Waals surface area contributed by atoms with Crippen molar-refractivity contribution < 1.29 is 5.11 Å². The van der Waals surface area contributed by atoms with Crippen LogP contribution in [-0.2, 0) is 0 Å². The average Bonchev–Trinajstić information content (AvgIpc) is 3.17. The second kappa shape index (κ2) is 9.93. The van der Waals surface area contributed by atoms with Gasteiger partial charge in [0.25, 0.3) is 0 Å². The number of nitrogens with one attached hydrogen (secondary N) is 1. The maximum Gasteiger partial charge on any atom is 0.188 e. The summed E-state index contributed by atoms with van der Waals surface area (Å²) in [4.78, 5) is 23.3. The lowest BCUT2D eigenvalue weighted by Crippen LogP contribution is -2.47. The van der Waals surface area contributed by atoms with Crippen molar-refractivity contribution in [3.8, 4) is 10.4 Å². The van der Waals surface area contributed by atoms with Crippen LogP contribution >= 0.6 is 23.7 Å². The molecule has 2 N–H and O–H groups in total. The Balaban J connectivity index is 0.00000240. The van der Waals surface area contributed by atoms with Crippen LogP contribution in [0.5, 0.6) is 0 Å². The molecule has 8 nitrogen and oxygen atoms in total. The van der Waals surface area contributed by atoms with E-state index in [9.17, 15) is 0 Å². The second-order valence-electron chi connectivity index (χ2n) is 6.61. The molecule has 1 aliphatic heterocycles. The van der Waals surface area contributed by atoms with Gasteiger partial charge in [-0.3, -0.25) is 9.88 Å². The maximum absolute atomic E-state index is 9.10. The minimum atomic E-state index is 0. The zero-order valence-corrected chi connectivity index (χ0v) is 17.8. The van der Waals surface area contributed by atoms with Crippen LogP contribution in [0.2, 0.25) is 0 Å². The zero-order valence-electron chi connectivity index (χ0n) is 16.2. The average molecular weight is 434 g/mol. The Morgan fingerprint density at radius 2 is 2.00 bits per heavy atom. The number of aryl methyl sites for hydroxylation is 1. The molecule has 4 heterocycles. The molecule has 0 atom stereocenters. The quantitative estimate of drug-likeness (QED) is 0.613. The molecule has 0 spiro atoms. The van der Waals surface area contributed by atoms with Crippen molar-refractivity contribution in [1.82, 2.24) is 24.8 Å². The van der Waals surface area contributed by atoms with Crippen molar-refractivity contribution >= 4 is 40.5 Å². The van der Waals surface area contributed by atoms with Crippen LogP contribution in [0.1, 0.15) is 5.82 Å². The van der Waals surface area contributed by atoms with Gasteiger partial charge in [-0.25, -0.2) is 15.0 Å². The van der Waals surface area contributed by atoms with Gasteiger partial charge in [0.05, 0.1) is 11.5 Å². The molecule has 3 aromatic heterocycles. The second-order valence-corrected chi connectivity index (χ2v) is 7.64. The van der Waals surface area contributed by atoms with Gasteiger partial charge in [-0.2, -0.15) is 0 Å². The van der Waals surface area contributed by atoms with Crippen molar-refractivity contribution in [3.05, 3.63) is 42.6 Å². The number of anilines is 3. The first-order valence-corrected chi connectivity index (χ1v) is 10.1. The normalized spacial score (nSPS) is 14.5. The molecule has 29 heavy (non-hydrogen) atoms. The Kier molecular flexibility index (Phi) is 7.32. The summed E-state index contributed by atoms with van der Waals surface area (Å²) in [5, 5.41) is 13.2. The molecular weight excluding hydrogens is 410 g/mol. The molecule has 0 radical (unpaired) electrons. The highest BCUT2D eigenvalue weighted by atomic mass is 35.5. The van der Waals surface area contributed by atoms with Crippen molar-refractivity contribution in [2.75, 3.05) is 49.5 Å². The predicted octanol–water partition coefficient (Wildman–Crippen LogP) is 2.58. The predicted molar refractivity (Wildman–Crippen MR) is 118 cm³/mol. The lowest BCUT2D eigenvalue weighted by molar-refractivity contribution is 0.188. The van der Waals surface area contributed by atoms with Crippen LogP contribution in [0.25, 0.3) is 10.4 Å². The number of thiazole rings is 1. The molecule has 0 bridgehead atoms. The van der Waals surface area contributed by atoms with Gasteiger partial charge in [0.15, 0.2) is 5.13 Å². The van der Waals surface area contributed by atoms with Crippen LogP contribution in [0.3, 0.4) is 0 Å². The summed E-state index contributed by atoms with van der Waals surface area (Å²) < 4.78 is 0. The Labute approximate surface area is 180 Å². The third-order valence-electron chi connectivity index (χ3n) is 4.62. The summed E-state index contributed by atoms with van der Waals surface area (Å²) in [6, 6.07) is 5.91. The number of halogens is 1. The van der Waals surface area contributed by atoms with Crippen LogP contribution in [0.15, 0.2) is 36.8 Å². The molecule has 0 unspecified atom stereocenters. The van der Waals surface area contributed by atoms with Gasteiger partial charge in [-0.1, -0.05) is 17.4 Å². The van der Waals surface area contributed by atoms with Gasteiger partial charge in [-0.05, 0) is 13.0 Å². The fourth-order valence-corrected chi connectivity index (χ4v) is 4.02. The number of aromatic nitrogens is 4. The first-order chi connectivity index (χ1) is 13.7. The zero-order chi connectivity index (χ0) is 19.3. The molecule has 10 heteroatoms. The van der Waals surface area contributed by atoms with Gasteiger partial charge in [0.1, 0.15) is 17.5 Å². The summed E-state index contributed by atoms with van der Waals surface area (Å²) in [5.74, 6) is 2.39. The molecule has 0 saturated carbocycles. The van der Waals surface area contributed by atoms with Gasteiger partial charge in [0, 0.05) is 62.9 Å². The minimum Gasteiger partial charge on any atom is -0.395 e. The SMILES string of the molecule is Cc1nc(Nc2ncc(-c3cccnc3)s2)cc(N2CCN(CCO)CC2)n1.Cl. The van der Waals surface area contributed by atoms with E-state index in [1.807, 2.05) is 37.5 Å². The van der Waals surface area contributed by atoms with Crippen LogP contribution in [0, 0.1) is 6.92 Å². The fraction of sp³-hybridized carbons (Fsp3) is 0.368. The van der Waals surface area contributed by atoms with Gasteiger partial charge in [-0.15, -0.1) is 12.4 Å². The molecule has 4 rings (SSSR count). The number of rotatable bonds is 6. The largest absolute Gasteiger partial charge is 0.395 e. The lowest BCUT2D eigenvalue weighted by Gasteiger charge is -2.35. The molecule has 1 aliphatic rings. The Morgan fingerprint density at radius 3 is 2.72 bits per heavy atom. The highest BCUT2D eigenvalue weighted by molar-refractivity contribution is 7.18. The molecule has 0 aliphatic carbocycles. The monoisotopic (exact) mass is 433 g/mol. The summed E-state index contributed by atoms with van der Waals surface area (Å²) >= 11 is 1.57. The number of nitrogens with zero attached hydrogens (tertiary/aromatic N) is 6. The van der Waals surface area contributed by atoms with E-state index in [-0.39, 0.29) is 19.0 Å². The van der Waals surface area contributed by atoms with Crippen molar-refractivity contribution in [2.24, 2.45) is 0 Å². The van der Waals surface area contributed by atoms with E-state index < -0.39 is 0 Å². The topological polar surface area (TPSA) is 90.3 Å². The minimum absolute atomic E-state index is 0. The lowest BCUT2D eigenvalue weighted by atomic mass is 10.3. The summed E-state index contributed by atoms with van der Waals surface area (Å²) in [7, 11) is 0. The molecule has 1 fully saturated rings. The Bertz CT molecular complexity index is 916. The summed E-state index contributed by atoms with van der Waals surface area (Å²) in [6.45, 7) is 6.46. The number of hydrogen-bond acceptors (Lipinski definition) is 9. The Hall–Kier alpha value is -2.33. The van der Waals surface area contributed by atoms with Crippen LogP contribution in [0.4, 0.5) is 16.8 Å². The number of aliphatic hydroxyl groups is 1. The first kappa shape index (κ1) is 21.4. The summed E-state index contributed by atoms with van der Waals surface area (Å²) in [5.41, 5.74) is 1.05. The van der Waals surface area contributed by atoms with E-state index in [4.69, 9.17) is 5.11 Å². The van der Waals surface area contributed by atoms with E-state index in [1.54, 1.807) is 17.5 Å². The molecule has 0 aromatic carbocycles. The Morgan fingerprint density at radius 1 is 1.17 bits per heavy atom.